The molecule has 0 radical (unpaired) electrons. The third-order valence-electron chi connectivity index (χ3n) is 3.32. The fourth-order valence-electron chi connectivity index (χ4n) is 1.96. The van der Waals surface area contributed by atoms with Gasteiger partial charge < -0.3 is 14.6 Å². The highest BCUT2D eigenvalue weighted by Gasteiger charge is 2.12. The Morgan fingerprint density at radius 2 is 1.94 bits per heavy atom. The highest BCUT2D eigenvalue weighted by molar-refractivity contribution is 5.14. The van der Waals surface area contributed by atoms with Gasteiger partial charge in [0.15, 0.2) is 0 Å². The van der Waals surface area contributed by atoms with Gasteiger partial charge in [-0.25, -0.2) is 0 Å². The Balaban J connectivity index is 2.51. The van der Waals surface area contributed by atoms with Crippen LogP contribution in [0.5, 0.6) is 0 Å². The Kier molecular flexibility index (Phi) is 5.72. The zero-order valence-corrected chi connectivity index (χ0v) is 11.6. The fourth-order valence-corrected chi connectivity index (χ4v) is 1.96. The normalized spacial score (nSPS) is 13.6. The third-order valence-corrected chi connectivity index (χ3v) is 3.32. The van der Waals surface area contributed by atoms with Gasteiger partial charge in [-0.2, -0.15) is 0 Å². The molecule has 0 saturated carbocycles. The second-order valence-electron chi connectivity index (χ2n) is 4.90. The van der Waals surface area contributed by atoms with Crippen LogP contribution in [0.15, 0.2) is 18.5 Å². The van der Waals surface area contributed by atoms with E-state index in [0.29, 0.717) is 0 Å². The maximum Gasteiger partial charge on any atom is 0.0827 e. The van der Waals surface area contributed by atoms with Crippen molar-refractivity contribution >= 4 is 0 Å². The minimum absolute atomic E-state index is 0.272. The molecule has 0 spiro atoms. The minimum atomic E-state index is -0.343. The Bertz CT molecular complexity index is 316. The number of aliphatic hydroxyl groups is 1. The summed E-state index contributed by atoms with van der Waals surface area (Å²) in [5.41, 5.74) is 1.03. The van der Waals surface area contributed by atoms with Crippen molar-refractivity contribution in [2.75, 3.05) is 19.6 Å². The summed E-state index contributed by atoms with van der Waals surface area (Å²) in [7, 11) is 0. The van der Waals surface area contributed by atoms with E-state index in [1.165, 1.54) is 0 Å². The predicted molar refractivity (Wildman–Crippen MR) is 72.0 cm³/mol. The summed E-state index contributed by atoms with van der Waals surface area (Å²) in [6.07, 6.45) is 3.78. The molecular weight excluding hydrogens is 212 g/mol. The van der Waals surface area contributed by atoms with Gasteiger partial charge in [-0.15, -0.1) is 0 Å². The second kappa shape index (κ2) is 6.82. The van der Waals surface area contributed by atoms with Crippen LogP contribution in [0.3, 0.4) is 0 Å². The molecule has 0 bridgehead atoms. The topological polar surface area (TPSA) is 28.4 Å². The van der Waals surface area contributed by atoms with Crippen molar-refractivity contribution < 1.29 is 5.11 Å². The molecule has 0 amide bonds. The third kappa shape index (κ3) is 4.17. The Hall–Kier alpha value is -0.800. The van der Waals surface area contributed by atoms with Crippen LogP contribution in [0, 0.1) is 5.92 Å². The highest BCUT2D eigenvalue weighted by Crippen LogP contribution is 2.21. The standard InChI is InChI=1S/C14H26N2O/c1-5-15(6-2)9-10-16-8-7-13(11-16)14(17)12(3)4/h7-8,11-12,14,17H,5-6,9-10H2,1-4H3. The van der Waals surface area contributed by atoms with E-state index in [1.807, 2.05) is 19.9 Å². The van der Waals surface area contributed by atoms with E-state index in [1.54, 1.807) is 0 Å². The van der Waals surface area contributed by atoms with Crippen LogP contribution >= 0.6 is 0 Å². The van der Waals surface area contributed by atoms with E-state index >= 15 is 0 Å². The van der Waals surface area contributed by atoms with Crippen LogP contribution < -0.4 is 0 Å². The van der Waals surface area contributed by atoms with Gasteiger partial charge >= 0.3 is 0 Å². The maximum absolute atomic E-state index is 9.96. The van der Waals surface area contributed by atoms with Crippen molar-refractivity contribution in [2.24, 2.45) is 5.92 Å². The first-order valence-electron chi connectivity index (χ1n) is 6.64. The molecule has 1 aromatic heterocycles. The second-order valence-corrected chi connectivity index (χ2v) is 4.90. The molecule has 0 saturated heterocycles. The zero-order valence-electron chi connectivity index (χ0n) is 11.6. The van der Waals surface area contributed by atoms with Crippen molar-refractivity contribution in [1.29, 1.82) is 0 Å². The Morgan fingerprint density at radius 3 is 2.47 bits per heavy atom. The lowest BCUT2D eigenvalue weighted by Crippen LogP contribution is -2.26. The van der Waals surface area contributed by atoms with Crippen molar-refractivity contribution in [3.05, 3.63) is 24.0 Å². The van der Waals surface area contributed by atoms with Gasteiger partial charge in [0, 0.05) is 25.5 Å². The van der Waals surface area contributed by atoms with Crippen molar-refractivity contribution in [1.82, 2.24) is 9.47 Å². The molecule has 17 heavy (non-hydrogen) atoms. The molecule has 1 aromatic rings. The van der Waals surface area contributed by atoms with Crippen molar-refractivity contribution in [2.45, 2.75) is 40.3 Å². The van der Waals surface area contributed by atoms with E-state index in [-0.39, 0.29) is 12.0 Å². The number of likely N-dealkylation sites (N-methyl/N-ethyl adjacent to an activating group) is 1. The molecule has 1 heterocycles. The average molecular weight is 238 g/mol. The maximum atomic E-state index is 9.96. The van der Waals surface area contributed by atoms with Crippen LogP contribution in [0.25, 0.3) is 0 Å². The molecule has 0 fully saturated rings. The SMILES string of the molecule is CCN(CC)CCn1ccc(C(O)C(C)C)c1. The summed E-state index contributed by atoms with van der Waals surface area (Å²) in [4.78, 5) is 2.40. The van der Waals surface area contributed by atoms with Gasteiger partial charge in [0.25, 0.3) is 0 Å². The number of aromatic nitrogens is 1. The van der Waals surface area contributed by atoms with Gasteiger partial charge in [0.2, 0.25) is 0 Å². The summed E-state index contributed by atoms with van der Waals surface area (Å²) in [6.45, 7) is 12.7. The quantitative estimate of drug-likeness (QED) is 0.790. The minimum Gasteiger partial charge on any atom is -0.388 e. The summed E-state index contributed by atoms with van der Waals surface area (Å²) < 4.78 is 2.17. The number of hydrogen-bond donors (Lipinski definition) is 1. The number of rotatable bonds is 7. The van der Waals surface area contributed by atoms with E-state index in [9.17, 15) is 5.11 Å². The first-order chi connectivity index (χ1) is 8.08. The Labute approximate surface area is 105 Å². The molecule has 0 aliphatic rings. The van der Waals surface area contributed by atoms with E-state index in [0.717, 1.165) is 31.7 Å². The van der Waals surface area contributed by atoms with E-state index < -0.39 is 0 Å². The zero-order chi connectivity index (χ0) is 12.8. The first-order valence-corrected chi connectivity index (χ1v) is 6.64. The molecule has 0 aliphatic carbocycles. The lowest BCUT2D eigenvalue weighted by molar-refractivity contribution is 0.127. The summed E-state index contributed by atoms with van der Waals surface area (Å²) in [6, 6.07) is 2.02. The summed E-state index contributed by atoms with van der Waals surface area (Å²) in [5, 5.41) is 9.96. The van der Waals surface area contributed by atoms with E-state index in [4.69, 9.17) is 0 Å². The van der Waals surface area contributed by atoms with Gasteiger partial charge in [0.05, 0.1) is 6.10 Å². The van der Waals surface area contributed by atoms with Crippen molar-refractivity contribution in [3.8, 4) is 0 Å². The smallest absolute Gasteiger partial charge is 0.0827 e. The number of nitrogens with zero attached hydrogens (tertiary/aromatic N) is 2. The van der Waals surface area contributed by atoms with Gasteiger partial charge in [-0.1, -0.05) is 27.7 Å². The average Bonchev–Trinajstić information content (AvgIpc) is 2.78. The summed E-state index contributed by atoms with van der Waals surface area (Å²) in [5.74, 6) is 0.272. The number of aliphatic hydroxyl groups excluding tert-OH is 1. The lowest BCUT2D eigenvalue weighted by atomic mass is 10.0. The van der Waals surface area contributed by atoms with Crippen molar-refractivity contribution in [3.63, 3.8) is 0 Å². The molecule has 98 valence electrons. The van der Waals surface area contributed by atoms with Crippen LogP contribution in [0.1, 0.15) is 39.4 Å². The molecule has 1 unspecified atom stereocenters. The monoisotopic (exact) mass is 238 g/mol. The molecule has 0 aromatic carbocycles. The van der Waals surface area contributed by atoms with Crippen LogP contribution in [-0.4, -0.2) is 34.2 Å². The molecule has 0 aliphatic heterocycles. The van der Waals surface area contributed by atoms with Gasteiger partial charge in [-0.05, 0) is 30.6 Å². The number of hydrogen-bond acceptors (Lipinski definition) is 2. The molecule has 1 rings (SSSR count). The molecule has 3 nitrogen and oxygen atoms in total. The summed E-state index contributed by atoms with van der Waals surface area (Å²) >= 11 is 0. The largest absolute Gasteiger partial charge is 0.388 e. The van der Waals surface area contributed by atoms with Crippen LogP contribution in [0.2, 0.25) is 0 Å². The molecule has 1 atom stereocenters. The Morgan fingerprint density at radius 1 is 1.29 bits per heavy atom. The van der Waals surface area contributed by atoms with Crippen LogP contribution in [-0.2, 0) is 6.54 Å². The molecular formula is C14H26N2O. The fraction of sp³-hybridized carbons (Fsp3) is 0.714. The molecule has 1 N–H and O–H groups in total. The van der Waals surface area contributed by atoms with Gasteiger partial charge in [0.1, 0.15) is 0 Å². The van der Waals surface area contributed by atoms with Gasteiger partial charge in [-0.3, -0.25) is 0 Å². The highest BCUT2D eigenvalue weighted by atomic mass is 16.3. The van der Waals surface area contributed by atoms with Crippen LogP contribution in [0.4, 0.5) is 0 Å². The van der Waals surface area contributed by atoms with E-state index in [2.05, 4.69) is 35.7 Å². The first kappa shape index (κ1) is 14.3. The molecule has 3 heteroatoms. The lowest BCUT2D eigenvalue weighted by Gasteiger charge is -2.18. The predicted octanol–water partition coefficient (Wildman–Crippen LogP) is 2.52.